The van der Waals surface area contributed by atoms with Gasteiger partial charge in [0.05, 0.1) is 17.7 Å². The number of amides is 1. The molecule has 1 aliphatic carbocycles. The highest BCUT2D eigenvalue weighted by atomic mass is 19.1. The van der Waals surface area contributed by atoms with E-state index in [4.69, 9.17) is 0 Å². The molecule has 3 heterocycles. The molecule has 4 aliphatic rings. The van der Waals surface area contributed by atoms with Crippen molar-refractivity contribution in [1.29, 1.82) is 0 Å². The van der Waals surface area contributed by atoms with Crippen LogP contribution in [0, 0.1) is 12.0 Å². The number of hydrogen-bond acceptors (Lipinski definition) is 5. The molecule has 0 unspecified atom stereocenters. The van der Waals surface area contributed by atoms with Crippen molar-refractivity contribution in [2.24, 2.45) is 10.4 Å². The molecule has 2 N–H and O–H groups in total. The van der Waals surface area contributed by atoms with Gasteiger partial charge in [0.25, 0.3) is 0 Å². The zero-order chi connectivity index (χ0) is 17.4. The Balaban J connectivity index is 1.46. The highest BCUT2D eigenvalue weighted by Crippen LogP contribution is 2.42. The third kappa shape index (κ3) is 3.14. The Bertz CT molecular complexity index is 600. The normalized spacial score (nSPS) is 36.3. The van der Waals surface area contributed by atoms with Crippen LogP contribution in [0.25, 0.3) is 0 Å². The standard InChI is InChI=1S/C18H26FN4O2/c19-13-10-20-17(21-11-13)22-8-1-6-18(12-22)7-9-23(16(18)25)14-2-4-15(24)5-3-14/h10-11,14-15,24H,1-9,12H2,(H,20,21)/t14-,15-,18-/m1/s1. The van der Waals surface area contributed by atoms with E-state index in [1.165, 1.54) is 12.7 Å². The SMILES string of the molecule is O=C1N([C@H]2CC[C@H](O)CC2)CC[C@@]12CCCN(C1=NC=C(F)[CH]N1)C2. The Morgan fingerprint density at radius 2 is 2.04 bits per heavy atom. The van der Waals surface area contributed by atoms with E-state index in [1.807, 2.05) is 0 Å². The number of carbonyl (C=O) groups is 1. The van der Waals surface area contributed by atoms with E-state index in [0.29, 0.717) is 12.5 Å². The number of nitrogens with one attached hydrogen (secondary N) is 1. The fraction of sp³-hybridized carbons (Fsp3) is 0.722. The molecule has 0 aromatic carbocycles. The molecular weight excluding hydrogens is 323 g/mol. The van der Waals surface area contributed by atoms with E-state index in [-0.39, 0.29) is 23.5 Å². The van der Waals surface area contributed by atoms with Crippen molar-refractivity contribution in [3.05, 3.63) is 18.6 Å². The summed E-state index contributed by atoms with van der Waals surface area (Å²) in [5, 5.41) is 12.6. The Hall–Kier alpha value is -1.63. The van der Waals surface area contributed by atoms with Gasteiger partial charge < -0.3 is 20.2 Å². The summed E-state index contributed by atoms with van der Waals surface area (Å²) < 4.78 is 13.1. The number of aliphatic hydroxyl groups is 1. The van der Waals surface area contributed by atoms with Crippen LogP contribution in [0.5, 0.6) is 0 Å². The first-order chi connectivity index (χ1) is 12.1. The minimum absolute atomic E-state index is 0.201. The van der Waals surface area contributed by atoms with Crippen LogP contribution in [-0.4, -0.2) is 58.6 Å². The average molecular weight is 349 g/mol. The minimum atomic E-state index is -0.391. The van der Waals surface area contributed by atoms with E-state index < -0.39 is 5.83 Å². The smallest absolute Gasteiger partial charge is 0.230 e. The van der Waals surface area contributed by atoms with Crippen LogP contribution in [0.15, 0.2) is 17.0 Å². The van der Waals surface area contributed by atoms with Crippen molar-refractivity contribution >= 4 is 11.9 Å². The first kappa shape index (κ1) is 16.8. The number of hydrogen-bond donors (Lipinski definition) is 2. The lowest BCUT2D eigenvalue weighted by Crippen LogP contribution is -2.54. The molecule has 0 aromatic rings. The molecule has 3 fully saturated rings. The zero-order valence-electron chi connectivity index (χ0n) is 14.5. The Kier molecular flexibility index (Phi) is 4.43. The third-order valence-electron chi connectivity index (χ3n) is 6.18. The van der Waals surface area contributed by atoms with Gasteiger partial charge in [0.15, 0.2) is 5.96 Å². The second-order valence-electron chi connectivity index (χ2n) is 7.77. The largest absolute Gasteiger partial charge is 0.393 e. The number of piperidine rings is 1. The molecule has 2 saturated heterocycles. The van der Waals surface area contributed by atoms with Gasteiger partial charge in [0.1, 0.15) is 12.4 Å². The van der Waals surface area contributed by atoms with Crippen molar-refractivity contribution in [2.45, 2.75) is 57.1 Å². The number of aliphatic hydroxyl groups excluding tert-OH is 1. The Morgan fingerprint density at radius 3 is 2.76 bits per heavy atom. The molecule has 1 amide bonds. The topological polar surface area (TPSA) is 68.2 Å². The molecule has 1 atom stereocenters. The molecule has 1 radical (unpaired) electrons. The molecule has 1 saturated carbocycles. The van der Waals surface area contributed by atoms with Gasteiger partial charge in [0.2, 0.25) is 5.91 Å². The predicted octanol–water partition coefficient (Wildman–Crippen LogP) is 1.54. The molecule has 25 heavy (non-hydrogen) atoms. The van der Waals surface area contributed by atoms with E-state index in [1.54, 1.807) is 0 Å². The van der Waals surface area contributed by atoms with Crippen LogP contribution in [0.2, 0.25) is 0 Å². The van der Waals surface area contributed by atoms with Gasteiger partial charge in [-0.05, 0) is 44.9 Å². The molecule has 3 aliphatic heterocycles. The number of nitrogens with zero attached hydrogens (tertiary/aromatic N) is 3. The molecule has 137 valence electrons. The molecule has 0 bridgehead atoms. The Morgan fingerprint density at radius 1 is 1.24 bits per heavy atom. The van der Waals surface area contributed by atoms with Gasteiger partial charge in [-0.15, -0.1) is 0 Å². The van der Waals surface area contributed by atoms with Crippen molar-refractivity contribution in [2.75, 3.05) is 19.6 Å². The fourth-order valence-corrected chi connectivity index (χ4v) is 4.76. The van der Waals surface area contributed by atoms with Crippen LogP contribution in [-0.2, 0) is 4.79 Å². The van der Waals surface area contributed by atoms with E-state index in [9.17, 15) is 14.3 Å². The quantitative estimate of drug-likeness (QED) is 0.753. The first-order valence-electron chi connectivity index (χ1n) is 9.35. The van der Waals surface area contributed by atoms with Crippen LogP contribution in [0.1, 0.15) is 44.9 Å². The van der Waals surface area contributed by atoms with E-state index >= 15 is 0 Å². The second kappa shape index (κ2) is 6.59. The molecule has 1 spiro atoms. The number of rotatable bonds is 1. The van der Waals surface area contributed by atoms with Gasteiger partial charge in [-0.2, -0.15) is 0 Å². The number of carbonyl (C=O) groups excluding carboxylic acids is 1. The maximum atomic E-state index is 13.2. The van der Waals surface area contributed by atoms with Crippen molar-refractivity contribution < 1.29 is 14.3 Å². The zero-order valence-corrected chi connectivity index (χ0v) is 14.5. The fourth-order valence-electron chi connectivity index (χ4n) is 4.76. The number of guanidine groups is 1. The van der Waals surface area contributed by atoms with Gasteiger partial charge >= 0.3 is 0 Å². The summed E-state index contributed by atoms with van der Waals surface area (Å²) in [6, 6.07) is 0.279. The second-order valence-corrected chi connectivity index (χ2v) is 7.77. The third-order valence-corrected chi connectivity index (χ3v) is 6.18. The van der Waals surface area contributed by atoms with Gasteiger partial charge in [-0.3, -0.25) is 4.79 Å². The molecule has 6 nitrogen and oxygen atoms in total. The van der Waals surface area contributed by atoms with E-state index in [2.05, 4.69) is 20.1 Å². The number of likely N-dealkylation sites (tertiary alicyclic amines) is 2. The molecule has 0 aromatic heterocycles. The van der Waals surface area contributed by atoms with E-state index in [0.717, 1.165) is 58.0 Å². The van der Waals surface area contributed by atoms with Gasteiger partial charge in [-0.1, -0.05) is 0 Å². The lowest BCUT2D eigenvalue weighted by molar-refractivity contribution is -0.140. The first-order valence-corrected chi connectivity index (χ1v) is 9.35. The Labute approximate surface area is 147 Å². The summed E-state index contributed by atoms with van der Waals surface area (Å²) in [5.74, 6) is 0.506. The predicted molar refractivity (Wildman–Crippen MR) is 91.9 cm³/mol. The maximum absolute atomic E-state index is 13.2. The van der Waals surface area contributed by atoms with Crippen molar-refractivity contribution in [3.8, 4) is 0 Å². The van der Waals surface area contributed by atoms with Gasteiger partial charge in [-0.25, -0.2) is 9.38 Å². The number of aliphatic imine (C=N–C) groups is 1. The maximum Gasteiger partial charge on any atom is 0.230 e. The summed E-state index contributed by atoms with van der Waals surface area (Å²) in [4.78, 5) is 21.5. The summed E-state index contributed by atoms with van der Waals surface area (Å²) in [5.41, 5.74) is -0.335. The summed E-state index contributed by atoms with van der Waals surface area (Å²) in [6.45, 7) is 3.60. The molecular formula is C18H26FN4O2. The van der Waals surface area contributed by atoms with Crippen molar-refractivity contribution in [3.63, 3.8) is 0 Å². The summed E-state index contributed by atoms with van der Waals surface area (Å²) in [6.07, 6.45) is 7.13. The van der Waals surface area contributed by atoms with Crippen molar-refractivity contribution in [1.82, 2.24) is 15.1 Å². The lowest BCUT2D eigenvalue weighted by atomic mass is 9.78. The van der Waals surface area contributed by atoms with Crippen LogP contribution < -0.4 is 5.32 Å². The average Bonchev–Trinajstić information content (AvgIpc) is 2.93. The molecule has 7 heteroatoms. The van der Waals surface area contributed by atoms with Crippen LogP contribution in [0.3, 0.4) is 0 Å². The lowest BCUT2D eigenvalue weighted by Gasteiger charge is -2.41. The minimum Gasteiger partial charge on any atom is -0.393 e. The monoisotopic (exact) mass is 349 g/mol. The van der Waals surface area contributed by atoms with Crippen LogP contribution >= 0.6 is 0 Å². The highest BCUT2D eigenvalue weighted by molar-refractivity contribution is 5.88. The van der Waals surface area contributed by atoms with Gasteiger partial charge in [0, 0.05) is 25.7 Å². The summed E-state index contributed by atoms with van der Waals surface area (Å²) >= 11 is 0. The highest BCUT2D eigenvalue weighted by Gasteiger charge is 2.51. The summed E-state index contributed by atoms with van der Waals surface area (Å²) in [7, 11) is 0. The molecule has 4 rings (SSSR count). The number of halogens is 1. The van der Waals surface area contributed by atoms with Crippen LogP contribution in [0.4, 0.5) is 4.39 Å².